The van der Waals surface area contributed by atoms with Crippen LogP contribution in [0.2, 0.25) is 0 Å². The minimum atomic E-state index is 0.339. The summed E-state index contributed by atoms with van der Waals surface area (Å²) < 4.78 is 0. The smallest absolute Gasteiger partial charge is 0.234 e. The average Bonchev–Trinajstić information content (AvgIpc) is 2.54. The number of nitrogens with zero attached hydrogens (tertiary/aromatic N) is 4. The van der Waals surface area contributed by atoms with Crippen LogP contribution in [0.25, 0.3) is 0 Å². The second-order valence-electron chi connectivity index (χ2n) is 5.97. The first-order valence-electron chi connectivity index (χ1n) is 7.49. The van der Waals surface area contributed by atoms with E-state index in [-0.39, 0.29) is 0 Å². The molecule has 0 radical (unpaired) electrons. The topological polar surface area (TPSA) is 53.9 Å². The number of aromatic nitrogens is 3. The Hall–Kier alpha value is -2.17. The van der Waals surface area contributed by atoms with Crippen LogP contribution in [0.4, 0.5) is 23.3 Å². The van der Waals surface area contributed by atoms with Crippen molar-refractivity contribution in [3.63, 3.8) is 0 Å². The zero-order valence-electron chi connectivity index (χ0n) is 12.7. The maximum absolute atomic E-state index is 4.53. The van der Waals surface area contributed by atoms with Gasteiger partial charge in [-0.05, 0) is 49.9 Å². The van der Waals surface area contributed by atoms with E-state index in [9.17, 15) is 0 Å². The molecule has 1 atom stereocenters. The number of anilines is 4. The molecule has 5 nitrogen and oxygen atoms in total. The van der Waals surface area contributed by atoms with Crippen molar-refractivity contribution in [3.8, 4) is 0 Å². The Morgan fingerprint density at radius 3 is 2.52 bits per heavy atom. The highest BCUT2D eigenvalue weighted by molar-refractivity contribution is 5.66. The first kappa shape index (κ1) is 13.8. The summed E-state index contributed by atoms with van der Waals surface area (Å²) >= 11 is 0. The minimum absolute atomic E-state index is 0.339. The maximum atomic E-state index is 4.53. The first-order chi connectivity index (χ1) is 10.1. The Morgan fingerprint density at radius 1 is 1.05 bits per heavy atom. The summed E-state index contributed by atoms with van der Waals surface area (Å²) in [5.74, 6) is 1.99. The summed E-state index contributed by atoms with van der Waals surface area (Å²) in [5.41, 5.74) is 2.11. The van der Waals surface area contributed by atoms with Crippen LogP contribution in [0.15, 0.2) is 30.6 Å². The fourth-order valence-corrected chi connectivity index (χ4v) is 2.57. The van der Waals surface area contributed by atoms with Crippen molar-refractivity contribution < 1.29 is 0 Å². The number of fused-ring (bicyclic) bond motifs is 2. The van der Waals surface area contributed by atoms with Gasteiger partial charge in [-0.2, -0.15) is 4.98 Å². The van der Waals surface area contributed by atoms with Crippen molar-refractivity contribution >= 4 is 23.3 Å². The van der Waals surface area contributed by atoms with E-state index in [1.54, 1.807) is 6.33 Å². The summed E-state index contributed by atoms with van der Waals surface area (Å²) in [6, 6.07) is 8.65. The number of benzene rings is 1. The van der Waals surface area contributed by atoms with Crippen LogP contribution >= 0.6 is 0 Å². The van der Waals surface area contributed by atoms with E-state index >= 15 is 0 Å². The Balaban J connectivity index is 1.98. The van der Waals surface area contributed by atoms with Gasteiger partial charge < -0.3 is 10.2 Å². The molecule has 110 valence electrons. The van der Waals surface area contributed by atoms with Crippen molar-refractivity contribution in [2.75, 3.05) is 10.2 Å². The van der Waals surface area contributed by atoms with Crippen molar-refractivity contribution in [1.82, 2.24) is 15.0 Å². The monoisotopic (exact) mass is 283 g/mol. The molecule has 2 aromatic rings. The normalized spacial score (nSPS) is 14.4. The molecule has 0 amide bonds. The molecular weight excluding hydrogens is 262 g/mol. The SMILES string of the molecule is CC(C)CCC(C)N1c2ccc(cc2)Nc2ncnc1n2. The lowest BCUT2D eigenvalue weighted by Gasteiger charge is -2.29. The molecule has 0 spiro atoms. The fourth-order valence-electron chi connectivity index (χ4n) is 2.57. The predicted molar refractivity (Wildman–Crippen MR) is 85.2 cm³/mol. The molecule has 1 aromatic heterocycles. The second-order valence-corrected chi connectivity index (χ2v) is 5.97. The lowest BCUT2D eigenvalue weighted by Crippen LogP contribution is -2.30. The molecule has 4 rings (SSSR count). The Kier molecular flexibility index (Phi) is 3.73. The molecule has 5 heteroatoms. The van der Waals surface area contributed by atoms with Crippen LogP contribution in [0, 0.1) is 5.92 Å². The Bertz CT molecular complexity index is 608. The third kappa shape index (κ3) is 2.96. The highest BCUT2D eigenvalue weighted by Crippen LogP contribution is 2.31. The third-order valence-electron chi connectivity index (χ3n) is 3.78. The summed E-state index contributed by atoms with van der Waals surface area (Å²) in [6.45, 7) is 6.74. The van der Waals surface area contributed by atoms with Crippen LogP contribution in [0.3, 0.4) is 0 Å². The molecule has 21 heavy (non-hydrogen) atoms. The standard InChI is InChI=1S/C16H21N5/c1-11(2)4-5-12(3)21-14-8-6-13(7-9-14)19-15-17-10-18-16(21)20-15/h6-12H,4-5H2,1-3H3,(H,17,18,19,20). The van der Waals surface area contributed by atoms with Gasteiger partial charge >= 0.3 is 0 Å². The van der Waals surface area contributed by atoms with Gasteiger partial charge in [-0.15, -0.1) is 0 Å². The van der Waals surface area contributed by atoms with Crippen LogP contribution in [0.5, 0.6) is 0 Å². The van der Waals surface area contributed by atoms with Crippen molar-refractivity contribution in [1.29, 1.82) is 0 Å². The summed E-state index contributed by atoms with van der Waals surface area (Å²) in [6.07, 6.45) is 3.86. The summed E-state index contributed by atoms with van der Waals surface area (Å²) in [5, 5.41) is 3.20. The van der Waals surface area contributed by atoms with Gasteiger partial charge in [-0.1, -0.05) is 13.8 Å². The molecular formula is C16H21N5. The Morgan fingerprint density at radius 2 is 1.81 bits per heavy atom. The Labute approximate surface area is 125 Å². The van der Waals surface area contributed by atoms with E-state index in [0.29, 0.717) is 23.9 Å². The molecule has 0 saturated heterocycles. The van der Waals surface area contributed by atoms with Crippen molar-refractivity contribution in [3.05, 3.63) is 30.6 Å². The maximum Gasteiger partial charge on any atom is 0.234 e. The van der Waals surface area contributed by atoms with Gasteiger partial charge in [0.2, 0.25) is 11.9 Å². The summed E-state index contributed by atoms with van der Waals surface area (Å²) in [4.78, 5) is 15.3. The molecule has 1 N–H and O–H groups in total. The van der Waals surface area contributed by atoms with Crippen molar-refractivity contribution in [2.45, 2.75) is 39.7 Å². The fraction of sp³-hybridized carbons (Fsp3) is 0.438. The van der Waals surface area contributed by atoms with Gasteiger partial charge in [0.25, 0.3) is 0 Å². The molecule has 2 aliphatic heterocycles. The van der Waals surface area contributed by atoms with E-state index in [1.807, 2.05) is 0 Å². The van der Waals surface area contributed by atoms with Gasteiger partial charge in [0.15, 0.2) is 0 Å². The number of hydrogen-bond acceptors (Lipinski definition) is 5. The molecule has 2 aliphatic rings. The number of rotatable bonds is 4. The molecule has 0 aliphatic carbocycles. The van der Waals surface area contributed by atoms with E-state index in [4.69, 9.17) is 0 Å². The van der Waals surface area contributed by atoms with E-state index < -0.39 is 0 Å². The van der Waals surface area contributed by atoms with Gasteiger partial charge in [0.1, 0.15) is 6.33 Å². The molecule has 0 saturated carbocycles. The zero-order valence-corrected chi connectivity index (χ0v) is 12.7. The first-order valence-corrected chi connectivity index (χ1v) is 7.49. The number of nitrogens with one attached hydrogen (secondary N) is 1. The van der Waals surface area contributed by atoms with Crippen LogP contribution in [0.1, 0.15) is 33.6 Å². The molecule has 3 heterocycles. The van der Waals surface area contributed by atoms with Gasteiger partial charge in [0, 0.05) is 17.4 Å². The predicted octanol–water partition coefficient (Wildman–Crippen LogP) is 3.89. The van der Waals surface area contributed by atoms with Crippen molar-refractivity contribution in [2.24, 2.45) is 5.92 Å². The molecule has 1 aromatic carbocycles. The molecule has 0 fully saturated rings. The second kappa shape index (κ2) is 5.68. The van der Waals surface area contributed by atoms with E-state index in [1.165, 1.54) is 6.42 Å². The zero-order chi connectivity index (χ0) is 14.8. The quantitative estimate of drug-likeness (QED) is 0.922. The van der Waals surface area contributed by atoms with Gasteiger partial charge in [-0.25, -0.2) is 9.97 Å². The lowest BCUT2D eigenvalue weighted by atomic mass is 10.0. The average molecular weight is 283 g/mol. The lowest BCUT2D eigenvalue weighted by molar-refractivity contribution is 0.506. The molecule has 1 unspecified atom stereocenters. The largest absolute Gasteiger partial charge is 0.324 e. The van der Waals surface area contributed by atoms with Crippen LogP contribution in [-0.2, 0) is 0 Å². The van der Waals surface area contributed by atoms with Gasteiger partial charge in [-0.3, -0.25) is 0 Å². The molecule has 4 bridgehead atoms. The van der Waals surface area contributed by atoms with Crippen LogP contribution < -0.4 is 10.2 Å². The van der Waals surface area contributed by atoms with Crippen LogP contribution in [-0.4, -0.2) is 21.0 Å². The van der Waals surface area contributed by atoms with E-state index in [2.05, 4.69) is 70.2 Å². The number of hydrogen-bond donors (Lipinski definition) is 1. The minimum Gasteiger partial charge on any atom is -0.324 e. The van der Waals surface area contributed by atoms with E-state index in [0.717, 1.165) is 17.8 Å². The van der Waals surface area contributed by atoms with Gasteiger partial charge in [0.05, 0.1) is 0 Å². The summed E-state index contributed by atoms with van der Waals surface area (Å²) in [7, 11) is 0. The highest BCUT2D eigenvalue weighted by Gasteiger charge is 2.21. The third-order valence-corrected chi connectivity index (χ3v) is 3.78. The highest BCUT2D eigenvalue weighted by atomic mass is 15.3.